The molecule has 6 fully saturated rings. The molecule has 0 saturated carbocycles. The molecule has 7 unspecified atom stereocenters. The smallest absolute Gasteiger partial charge is 0.406 e. The molecule has 14 rings (SSSR count). The van der Waals surface area contributed by atoms with Gasteiger partial charge in [-0.3, -0.25) is 34.5 Å². The van der Waals surface area contributed by atoms with E-state index in [-0.39, 0.29) is 60.1 Å². The molecule has 8 aromatic rings. The maximum Gasteiger partial charge on any atom is 0.573 e. The van der Waals surface area contributed by atoms with Crippen LogP contribution in [0.4, 0.5) is 52.7 Å². The molecule has 0 spiro atoms. The second kappa shape index (κ2) is 29.5. The second-order valence-corrected chi connectivity index (χ2v) is 28.1. The molecule has 29 heteroatoms. The molecule has 2 aromatic heterocycles. The number of hydrogen-bond acceptors (Lipinski definition) is 12. The monoisotopic (exact) mass is 1460 g/mol. The number of ether oxygens (including phenoxy) is 2. The number of nitrogens with zero attached hydrogens (tertiary/aromatic N) is 6. The van der Waals surface area contributed by atoms with Gasteiger partial charge in [0.2, 0.25) is 11.8 Å². The van der Waals surface area contributed by atoms with Crippen LogP contribution in [-0.2, 0) is 61.2 Å². The predicted molar refractivity (Wildman–Crippen MR) is 364 cm³/mol. The fourth-order valence-corrected chi connectivity index (χ4v) is 16.2. The number of amides is 2. The average molecular weight is 1460 g/mol. The lowest BCUT2D eigenvalue weighted by molar-refractivity contribution is -0.275. The number of likely N-dealkylation sites (tertiary alicyclic amines) is 4. The Balaban J connectivity index is 0.584. The minimum Gasteiger partial charge on any atom is -0.406 e. The van der Waals surface area contributed by atoms with E-state index in [0.29, 0.717) is 127 Å². The lowest BCUT2D eigenvalue weighted by Crippen LogP contribution is -2.57. The number of nitrogens with one attached hydrogen (secondary N) is 6. The number of halogens is 13. The molecule has 2 amide bonds. The van der Waals surface area contributed by atoms with Gasteiger partial charge in [0.1, 0.15) is 11.5 Å². The van der Waals surface area contributed by atoms with E-state index in [0.717, 1.165) is 92.9 Å². The molecule has 7 atom stereocenters. The first kappa shape index (κ1) is 72.0. The first-order valence-electron chi connectivity index (χ1n) is 34.6. The molecular weight excluding hydrogens is 1380 g/mol. The molecule has 6 aliphatic rings. The third kappa shape index (κ3) is 16.6. The number of alkyl halides is 12. The Morgan fingerprint density at radius 1 is 0.515 bits per heavy atom. The average Bonchev–Trinajstić information content (AvgIpc) is 1.71. The Hall–Kier alpha value is -7.93. The van der Waals surface area contributed by atoms with Gasteiger partial charge in [0, 0.05) is 192 Å². The van der Waals surface area contributed by atoms with Crippen LogP contribution in [0.2, 0.25) is 5.02 Å². The van der Waals surface area contributed by atoms with Gasteiger partial charge in [-0.05, 0) is 131 Å². The number of rotatable bonds is 23. The lowest BCUT2D eigenvalue weighted by Gasteiger charge is -2.35. The minimum absolute atomic E-state index is 0.0555. The highest BCUT2D eigenvalue weighted by atomic mass is 35.5. The SMILES string of the molecule is O=C(NCCCn1cc(-c2ccc(OC(F)(F)F)cc2)c2cc(CN3CC4CC3CN4Cc3cc(C4CNCC(C(=O)NCCCn5cc(-c6ccc(OC(F)(F)F)cc6)c6cc(CN7CC8CC7CN8Cc7c(C(F)(F)F)cccc7C(F)(F)F)ccc65)N4)ccc3Cl)ccc21)C1CNCCN1. The summed E-state index contributed by atoms with van der Waals surface area (Å²) in [6.07, 6.45) is -13.0. The summed E-state index contributed by atoms with van der Waals surface area (Å²) >= 11 is 6.95. The van der Waals surface area contributed by atoms with E-state index in [1.54, 1.807) is 29.2 Å². The summed E-state index contributed by atoms with van der Waals surface area (Å²) in [6.45, 7) is 8.57. The summed E-state index contributed by atoms with van der Waals surface area (Å²) in [6, 6.07) is 31.1. The van der Waals surface area contributed by atoms with Crippen molar-refractivity contribution in [3.8, 4) is 33.8 Å². The van der Waals surface area contributed by atoms with Crippen molar-refractivity contribution >= 4 is 45.2 Å². The first-order valence-corrected chi connectivity index (χ1v) is 35.0. The maximum atomic E-state index is 14.1. The van der Waals surface area contributed by atoms with Crippen molar-refractivity contribution in [2.45, 2.75) is 132 Å². The van der Waals surface area contributed by atoms with Crippen LogP contribution in [0.25, 0.3) is 44.1 Å². The summed E-state index contributed by atoms with van der Waals surface area (Å²) in [5, 5.41) is 22.0. The standard InChI is InChI=1S/C74H77ClF12N12O4/c75-63-17-12-48(28-49(63)36-98-39-50-29-52(98)37-96(50)34-44-6-18-67-56(26-44)58(46-8-13-54(14-9-46)102-73(82,83)84)41-94(67)24-2-20-91-69(100)65-32-88-22-23-90-65)64-31-89-33-66(93-64)70(101)92-21-3-25-95-42-59(47-10-15-55(16-11-47)103-74(85,86)87)57-27-45(7-19-68(57)95)35-97-38-53-30-51(97)40-99(53)43-60-61(71(76,77)78)4-1-5-62(60)72(79,80)81/h1,4-19,26-28,41-42,50-53,64-66,88-90,93H,2-3,20-25,29-40,43H2,(H,91,100)(H,92,101). The molecule has 548 valence electrons. The maximum absolute atomic E-state index is 14.1. The minimum atomic E-state index is -4.97. The van der Waals surface area contributed by atoms with Crippen molar-refractivity contribution in [2.24, 2.45) is 0 Å². The van der Waals surface area contributed by atoms with Gasteiger partial charge in [-0.25, -0.2) is 0 Å². The van der Waals surface area contributed by atoms with Crippen LogP contribution in [0.3, 0.4) is 0 Å². The zero-order valence-corrected chi connectivity index (χ0v) is 56.6. The Kier molecular flexibility index (Phi) is 20.7. The van der Waals surface area contributed by atoms with Crippen molar-refractivity contribution in [1.82, 2.24) is 60.6 Å². The fourth-order valence-electron chi connectivity index (χ4n) is 16.1. The van der Waals surface area contributed by atoms with E-state index < -0.39 is 54.4 Å². The van der Waals surface area contributed by atoms with Crippen LogP contribution in [0.5, 0.6) is 11.5 Å². The van der Waals surface area contributed by atoms with Crippen LogP contribution in [-0.4, -0.2) is 162 Å². The predicted octanol–water partition coefficient (Wildman–Crippen LogP) is 12.2. The highest BCUT2D eigenvalue weighted by Gasteiger charge is 2.47. The van der Waals surface area contributed by atoms with Crippen LogP contribution < -0.4 is 41.4 Å². The molecule has 16 nitrogen and oxygen atoms in total. The van der Waals surface area contributed by atoms with Gasteiger partial charge in [0.25, 0.3) is 0 Å². The molecule has 6 aromatic carbocycles. The van der Waals surface area contributed by atoms with Gasteiger partial charge in [0.15, 0.2) is 0 Å². The van der Waals surface area contributed by atoms with Crippen molar-refractivity contribution < 1.29 is 71.7 Å². The summed E-state index contributed by atoms with van der Waals surface area (Å²) in [4.78, 5) is 35.6. The molecule has 6 aliphatic heterocycles. The van der Waals surface area contributed by atoms with E-state index >= 15 is 0 Å². The Morgan fingerprint density at radius 2 is 0.990 bits per heavy atom. The number of benzene rings is 6. The summed E-state index contributed by atoms with van der Waals surface area (Å²) < 4.78 is 176. The first-order chi connectivity index (χ1) is 49.2. The van der Waals surface area contributed by atoms with Gasteiger partial charge in [-0.1, -0.05) is 66.2 Å². The van der Waals surface area contributed by atoms with Crippen molar-refractivity contribution in [1.29, 1.82) is 0 Å². The normalized spacial score (nSPS) is 22.2. The quantitative estimate of drug-likeness (QED) is 0.0268. The van der Waals surface area contributed by atoms with E-state index in [1.165, 1.54) is 24.3 Å². The molecular formula is C74H77ClF12N12O4. The zero-order chi connectivity index (χ0) is 72.1. The molecule has 6 N–H and O–H groups in total. The van der Waals surface area contributed by atoms with Crippen LogP contribution in [0.1, 0.15) is 70.7 Å². The van der Waals surface area contributed by atoms with E-state index in [2.05, 4.69) is 84.9 Å². The molecule has 0 aliphatic carbocycles. The van der Waals surface area contributed by atoms with Crippen LogP contribution >= 0.6 is 11.6 Å². The highest BCUT2D eigenvalue weighted by Crippen LogP contribution is 2.44. The summed E-state index contributed by atoms with van der Waals surface area (Å²) in [5.41, 5.74) is 5.32. The largest absolute Gasteiger partial charge is 0.573 e. The Morgan fingerprint density at radius 3 is 1.46 bits per heavy atom. The summed E-state index contributed by atoms with van der Waals surface area (Å²) in [7, 11) is 0. The van der Waals surface area contributed by atoms with Gasteiger partial charge < -0.3 is 45.2 Å². The van der Waals surface area contributed by atoms with Gasteiger partial charge in [-0.15, -0.1) is 26.3 Å². The molecule has 103 heavy (non-hydrogen) atoms. The molecule has 6 saturated heterocycles. The number of piperazine rings is 4. The number of aryl methyl sites for hydroxylation is 2. The number of carbonyl (C=O) groups is 2. The third-order valence-corrected chi connectivity index (χ3v) is 21.3. The number of carbonyl (C=O) groups excluding carboxylic acids is 2. The second-order valence-electron chi connectivity index (χ2n) is 27.7. The van der Waals surface area contributed by atoms with Crippen LogP contribution in [0, 0.1) is 0 Å². The van der Waals surface area contributed by atoms with Crippen molar-refractivity contribution in [3.05, 3.63) is 178 Å². The number of aromatic nitrogens is 2. The van der Waals surface area contributed by atoms with Crippen molar-refractivity contribution in [3.63, 3.8) is 0 Å². The molecule has 0 radical (unpaired) electrons. The van der Waals surface area contributed by atoms with Gasteiger partial charge in [-0.2, -0.15) is 26.3 Å². The fraction of sp³-hybridized carbons (Fsp3) is 0.432. The molecule has 4 bridgehead atoms. The van der Waals surface area contributed by atoms with E-state index in [9.17, 15) is 62.3 Å². The number of fused-ring (bicyclic) bond motifs is 6. The topological polar surface area (TPSA) is 148 Å². The van der Waals surface area contributed by atoms with Crippen molar-refractivity contribution in [2.75, 3.05) is 72.0 Å². The Labute approximate surface area is 590 Å². The third-order valence-electron chi connectivity index (χ3n) is 20.9. The molecule has 8 heterocycles. The zero-order valence-electron chi connectivity index (χ0n) is 55.8. The highest BCUT2D eigenvalue weighted by molar-refractivity contribution is 6.31. The van der Waals surface area contributed by atoms with Gasteiger partial charge in [0.05, 0.1) is 23.2 Å². The van der Waals surface area contributed by atoms with E-state index in [4.69, 9.17) is 11.6 Å². The lowest BCUT2D eigenvalue weighted by atomic mass is 9.99. The Bertz CT molecular complexity index is 4340. The number of hydrogen-bond donors (Lipinski definition) is 6. The van der Waals surface area contributed by atoms with Gasteiger partial charge >= 0.3 is 25.1 Å². The summed E-state index contributed by atoms with van der Waals surface area (Å²) in [5.74, 6) is -0.930. The van der Waals surface area contributed by atoms with Crippen LogP contribution in [0.15, 0.2) is 134 Å². The van der Waals surface area contributed by atoms with E-state index in [1.807, 2.05) is 47.3 Å².